The van der Waals surface area contributed by atoms with E-state index in [-0.39, 0.29) is 18.0 Å². The molecule has 3 aromatic rings. The maximum atomic E-state index is 13.0. The Morgan fingerprint density at radius 3 is 2.52 bits per heavy atom. The van der Waals surface area contributed by atoms with Gasteiger partial charge in [-0.25, -0.2) is 14.2 Å². The van der Waals surface area contributed by atoms with Gasteiger partial charge in [0, 0.05) is 30.7 Å². The molecule has 0 unspecified atom stereocenters. The standard InChI is InChI=1S/C22H18FN3O2S/c1-26(2)20-9-3-15(4-10-20)11-17(12-24)22(27)28-13-19-14-29-21(25-19)16-5-7-18(23)8-6-16/h3-11,14H,13H2,1-2H3/b17-11-. The zero-order valence-electron chi connectivity index (χ0n) is 15.9. The Morgan fingerprint density at radius 2 is 1.90 bits per heavy atom. The van der Waals surface area contributed by atoms with Crippen molar-refractivity contribution < 1.29 is 13.9 Å². The van der Waals surface area contributed by atoms with Crippen LogP contribution >= 0.6 is 11.3 Å². The van der Waals surface area contributed by atoms with Gasteiger partial charge in [0.05, 0.1) is 5.69 Å². The van der Waals surface area contributed by atoms with Gasteiger partial charge in [-0.2, -0.15) is 5.26 Å². The van der Waals surface area contributed by atoms with Crippen LogP contribution in [0.25, 0.3) is 16.6 Å². The second-order valence-corrected chi connectivity index (χ2v) is 7.24. The van der Waals surface area contributed by atoms with Gasteiger partial charge in [-0.15, -0.1) is 11.3 Å². The van der Waals surface area contributed by atoms with Gasteiger partial charge in [0.1, 0.15) is 29.1 Å². The van der Waals surface area contributed by atoms with Crippen molar-refractivity contribution in [3.63, 3.8) is 0 Å². The third kappa shape index (κ3) is 5.27. The summed E-state index contributed by atoms with van der Waals surface area (Å²) in [5, 5.41) is 11.8. The molecule has 3 rings (SSSR count). The molecule has 0 N–H and O–H groups in total. The Bertz CT molecular complexity index is 1060. The number of benzene rings is 2. The first kappa shape index (κ1) is 20.2. The lowest BCUT2D eigenvalue weighted by Gasteiger charge is -2.11. The van der Waals surface area contributed by atoms with Crippen molar-refractivity contribution in [1.29, 1.82) is 5.26 Å². The number of halogens is 1. The van der Waals surface area contributed by atoms with E-state index in [1.54, 1.807) is 17.5 Å². The van der Waals surface area contributed by atoms with Gasteiger partial charge in [-0.05, 0) is 48.0 Å². The van der Waals surface area contributed by atoms with Crippen molar-refractivity contribution in [3.05, 3.63) is 76.6 Å². The number of nitriles is 1. The van der Waals surface area contributed by atoms with Gasteiger partial charge in [0.2, 0.25) is 0 Å². The van der Waals surface area contributed by atoms with Crippen molar-refractivity contribution in [2.45, 2.75) is 6.61 Å². The van der Waals surface area contributed by atoms with Crippen LogP contribution in [0.1, 0.15) is 11.3 Å². The maximum Gasteiger partial charge on any atom is 0.349 e. The first-order valence-electron chi connectivity index (χ1n) is 8.73. The number of nitrogens with zero attached hydrogens (tertiary/aromatic N) is 3. The van der Waals surface area contributed by atoms with E-state index >= 15 is 0 Å². The number of anilines is 1. The van der Waals surface area contributed by atoms with Crippen LogP contribution in [0.5, 0.6) is 0 Å². The van der Waals surface area contributed by atoms with Gasteiger partial charge in [0.25, 0.3) is 0 Å². The molecule has 1 heterocycles. The number of rotatable bonds is 6. The quantitative estimate of drug-likeness (QED) is 0.338. The van der Waals surface area contributed by atoms with Crippen LogP contribution in [0.4, 0.5) is 10.1 Å². The second-order valence-electron chi connectivity index (χ2n) is 6.38. The SMILES string of the molecule is CN(C)c1ccc(/C=C(/C#N)C(=O)OCc2csc(-c3ccc(F)cc3)n2)cc1. The molecular weight excluding hydrogens is 389 g/mol. The van der Waals surface area contributed by atoms with Crippen molar-refractivity contribution in [2.24, 2.45) is 0 Å². The van der Waals surface area contributed by atoms with Gasteiger partial charge in [0.15, 0.2) is 0 Å². The Kier molecular flexibility index (Phi) is 6.37. The molecule has 2 aromatic carbocycles. The topological polar surface area (TPSA) is 66.2 Å². The third-order valence-electron chi connectivity index (χ3n) is 4.05. The summed E-state index contributed by atoms with van der Waals surface area (Å²) in [5.41, 5.74) is 3.01. The Hall–Kier alpha value is -3.50. The molecule has 0 saturated carbocycles. The molecule has 0 spiro atoms. The molecule has 0 atom stereocenters. The molecule has 1 aromatic heterocycles. The van der Waals surface area contributed by atoms with Crippen LogP contribution in [0.15, 0.2) is 59.5 Å². The smallest absolute Gasteiger partial charge is 0.349 e. The zero-order valence-corrected chi connectivity index (χ0v) is 16.7. The molecule has 0 aliphatic carbocycles. The molecule has 0 amide bonds. The molecule has 29 heavy (non-hydrogen) atoms. The normalized spacial score (nSPS) is 11.0. The monoisotopic (exact) mass is 407 g/mol. The first-order valence-corrected chi connectivity index (χ1v) is 9.61. The van der Waals surface area contributed by atoms with Crippen molar-refractivity contribution in [2.75, 3.05) is 19.0 Å². The van der Waals surface area contributed by atoms with Gasteiger partial charge >= 0.3 is 5.97 Å². The van der Waals surface area contributed by atoms with Crippen LogP contribution in [-0.2, 0) is 16.1 Å². The van der Waals surface area contributed by atoms with Gasteiger partial charge in [-0.1, -0.05) is 12.1 Å². The fourth-order valence-electron chi connectivity index (χ4n) is 2.49. The molecule has 5 nitrogen and oxygen atoms in total. The van der Waals surface area contributed by atoms with Crippen LogP contribution in [-0.4, -0.2) is 25.0 Å². The fourth-order valence-corrected chi connectivity index (χ4v) is 3.30. The van der Waals surface area contributed by atoms with Crippen molar-refractivity contribution in [1.82, 2.24) is 4.98 Å². The molecular formula is C22H18FN3O2S. The number of esters is 1. The largest absolute Gasteiger partial charge is 0.455 e. The minimum absolute atomic E-state index is 0.0465. The number of carbonyl (C=O) groups is 1. The molecule has 0 aliphatic rings. The summed E-state index contributed by atoms with van der Waals surface area (Å²) in [6.45, 7) is -0.0465. The lowest BCUT2D eigenvalue weighted by atomic mass is 10.1. The van der Waals surface area contributed by atoms with Crippen LogP contribution in [0, 0.1) is 17.1 Å². The van der Waals surface area contributed by atoms with Crippen LogP contribution in [0.2, 0.25) is 0 Å². The van der Waals surface area contributed by atoms with E-state index in [9.17, 15) is 14.4 Å². The molecule has 0 radical (unpaired) electrons. The average Bonchev–Trinajstić information content (AvgIpc) is 3.20. The highest BCUT2D eigenvalue weighted by Crippen LogP contribution is 2.24. The third-order valence-corrected chi connectivity index (χ3v) is 5.00. The van der Waals surface area contributed by atoms with E-state index in [1.165, 1.54) is 29.5 Å². The van der Waals surface area contributed by atoms with E-state index < -0.39 is 5.97 Å². The predicted octanol–water partition coefficient (Wildman–Crippen LogP) is 4.67. The highest BCUT2D eigenvalue weighted by Gasteiger charge is 2.13. The Balaban J connectivity index is 1.64. The fraction of sp³-hybridized carbons (Fsp3) is 0.136. The minimum atomic E-state index is -0.708. The lowest BCUT2D eigenvalue weighted by molar-refractivity contribution is -0.139. The highest BCUT2D eigenvalue weighted by atomic mass is 32.1. The van der Waals surface area contributed by atoms with Gasteiger partial charge < -0.3 is 9.64 Å². The average molecular weight is 407 g/mol. The molecule has 0 aliphatic heterocycles. The summed E-state index contributed by atoms with van der Waals surface area (Å²) in [6.07, 6.45) is 1.49. The van der Waals surface area contributed by atoms with E-state index in [1.807, 2.05) is 49.3 Å². The number of ether oxygens (including phenoxy) is 1. The highest BCUT2D eigenvalue weighted by molar-refractivity contribution is 7.13. The summed E-state index contributed by atoms with van der Waals surface area (Å²) >= 11 is 1.37. The summed E-state index contributed by atoms with van der Waals surface area (Å²) in [5.74, 6) is -1.02. The maximum absolute atomic E-state index is 13.0. The predicted molar refractivity (Wildman–Crippen MR) is 112 cm³/mol. The summed E-state index contributed by atoms with van der Waals surface area (Å²) in [6, 6.07) is 15.4. The number of hydrogen-bond donors (Lipinski definition) is 0. The zero-order chi connectivity index (χ0) is 20.8. The van der Waals surface area contributed by atoms with E-state index in [0.717, 1.165) is 16.8 Å². The van der Waals surface area contributed by atoms with Crippen LogP contribution in [0.3, 0.4) is 0 Å². The summed E-state index contributed by atoms with van der Waals surface area (Å²) in [4.78, 5) is 18.6. The van der Waals surface area contributed by atoms with Crippen LogP contribution < -0.4 is 4.90 Å². The molecule has 146 valence electrons. The van der Waals surface area contributed by atoms with E-state index in [4.69, 9.17) is 4.74 Å². The minimum Gasteiger partial charge on any atom is -0.455 e. The van der Waals surface area contributed by atoms with E-state index in [0.29, 0.717) is 10.7 Å². The number of carbonyl (C=O) groups excluding carboxylic acids is 1. The van der Waals surface area contributed by atoms with Gasteiger partial charge in [-0.3, -0.25) is 0 Å². The summed E-state index contributed by atoms with van der Waals surface area (Å²) in [7, 11) is 3.87. The first-order chi connectivity index (χ1) is 14.0. The Labute approximate surface area is 172 Å². The molecule has 0 fully saturated rings. The number of hydrogen-bond acceptors (Lipinski definition) is 6. The molecule has 0 bridgehead atoms. The number of thiazole rings is 1. The molecule has 7 heteroatoms. The summed E-state index contributed by atoms with van der Waals surface area (Å²) < 4.78 is 18.3. The van der Waals surface area contributed by atoms with E-state index in [2.05, 4.69) is 4.98 Å². The lowest BCUT2D eigenvalue weighted by Crippen LogP contribution is -2.08. The van der Waals surface area contributed by atoms with Crippen molar-refractivity contribution >= 4 is 29.1 Å². The number of aromatic nitrogens is 1. The Morgan fingerprint density at radius 1 is 1.21 bits per heavy atom. The molecule has 0 saturated heterocycles. The second kappa shape index (κ2) is 9.13. The van der Waals surface area contributed by atoms with Crippen molar-refractivity contribution in [3.8, 4) is 16.6 Å².